The molecule has 1 aliphatic rings. The average Bonchev–Trinajstić information content (AvgIpc) is 2.61. The Morgan fingerprint density at radius 3 is 2.46 bits per heavy atom. The lowest BCUT2D eigenvalue weighted by atomic mass is 10.2. The minimum Gasteiger partial charge on any atom is -0.385 e. The molecular weight excluding hydrogens is 300 g/mol. The van der Waals surface area contributed by atoms with Gasteiger partial charge in [0.05, 0.1) is 0 Å². The Morgan fingerprint density at radius 2 is 1.83 bits per heavy atom. The van der Waals surface area contributed by atoms with E-state index in [-0.39, 0.29) is 5.91 Å². The van der Waals surface area contributed by atoms with Crippen LogP contribution in [0, 0.1) is 0 Å². The summed E-state index contributed by atoms with van der Waals surface area (Å²) in [6, 6.07) is 8.56. The first-order valence-electron chi connectivity index (χ1n) is 9.11. The van der Waals surface area contributed by atoms with E-state index in [4.69, 9.17) is 0 Å². The molecule has 1 fully saturated rings. The van der Waals surface area contributed by atoms with Gasteiger partial charge in [0.2, 0.25) is 5.91 Å². The van der Waals surface area contributed by atoms with Crippen molar-refractivity contribution < 1.29 is 4.79 Å². The number of hydrogen-bond donors (Lipinski definition) is 1. The Kier molecular flexibility index (Phi) is 7.37. The molecular formula is C19H32N4O. The third-order valence-corrected chi connectivity index (χ3v) is 4.68. The van der Waals surface area contributed by atoms with Crippen molar-refractivity contribution in [2.75, 3.05) is 63.6 Å². The Bertz CT molecular complexity index is 495. The van der Waals surface area contributed by atoms with Crippen molar-refractivity contribution in [1.29, 1.82) is 0 Å². The third-order valence-electron chi connectivity index (χ3n) is 4.68. The summed E-state index contributed by atoms with van der Waals surface area (Å²) >= 11 is 0. The average molecular weight is 332 g/mol. The van der Waals surface area contributed by atoms with Gasteiger partial charge in [0, 0.05) is 64.1 Å². The van der Waals surface area contributed by atoms with Crippen LogP contribution in [0.1, 0.15) is 26.2 Å². The maximum absolute atomic E-state index is 12.0. The number of benzene rings is 1. The van der Waals surface area contributed by atoms with Crippen molar-refractivity contribution in [1.82, 2.24) is 9.80 Å². The predicted molar refractivity (Wildman–Crippen MR) is 102 cm³/mol. The molecule has 1 saturated heterocycles. The van der Waals surface area contributed by atoms with E-state index < -0.39 is 0 Å². The van der Waals surface area contributed by atoms with Crippen molar-refractivity contribution in [2.45, 2.75) is 26.2 Å². The molecule has 1 aromatic carbocycles. The summed E-state index contributed by atoms with van der Waals surface area (Å²) in [5.41, 5.74) is 2.36. The zero-order valence-electron chi connectivity index (χ0n) is 15.4. The molecule has 1 amide bonds. The highest BCUT2D eigenvalue weighted by Gasteiger charge is 2.14. The van der Waals surface area contributed by atoms with E-state index in [0.29, 0.717) is 13.0 Å². The molecule has 1 aliphatic heterocycles. The molecule has 5 nitrogen and oxygen atoms in total. The van der Waals surface area contributed by atoms with E-state index in [2.05, 4.69) is 53.4 Å². The van der Waals surface area contributed by atoms with Crippen LogP contribution in [0.4, 0.5) is 11.4 Å². The summed E-state index contributed by atoms with van der Waals surface area (Å²) in [5, 5.41) is 3.35. The summed E-state index contributed by atoms with van der Waals surface area (Å²) in [5.74, 6) is 0.213. The van der Waals surface area contributed by atoms with Crippen LogP contribution in [-0.4, -0.2) is 69.1 Å². The van der Waals surface area contributed by atoms with Crippen LogP contribution in [0.25, 0.3) is 0 Å². The number of amides is 1. The second-order valence-corrected chi connectivity index (χ2v) is 6.68. The Hall–Kier alpha value is -1.75. The number of rotatable bonds is 8. The SMILES string of the molecule is CCCCN(C)C(=O)CCNc1ccc(N2CCN(C)CC2)cc1. The van der Waals surface area contributed by atoms with Gasteiger partial charge in [0.25, 0.3) is 0 Å². The highest BCUT2D eigenvalue weighted by Crippen LogP contribution is 2.19. The predicted octanol–water partition coefficient (Wildman–Crippen LogP) is 2.50. The highest BCUT2D eigenvalue weighted by atomic mass is 16.2. The van der Waals surface area contributed by atoms with Gasteiger partial charge in [-0.1, -0.05) is 13.3 Å². The molecule has 0 bridgehead atoms. The second kappa shape index (κ2) is 9.52. The molecule has 0 unspecified atom stereocenters. The summed E-state index contributed by atoms with van der Waals surface area (Å²) < 4.78 is 0. The second-order valence-electron chi connectivity index (χ2n) is 6.68. The Balaban J connectivity index is 1.73. The van der Waals surface area contributed by atoms with Gasteiger partial charge in [-0.25, -0.2) is 0 Å². The Labute approximate surface area is 146 Å². The summed E-state index contributed by atoms with van der Waals surface area (Å²) in [7, 11) is 4.06. The quantitative estimate of drug-likeness (QED) is 0.794. The fraction of sp³-hybridized carbons (Fsp3) is 0.632. The Morgan fingerprint density at radius 1 is 1.17 bits per heavy atom. The zero-order chi connectivity index (χ0) is 17.4. The lowest BCUT2D eigenvalue weighted by molar-refractivity contribution is -0.129. The number of carbonyl (C=O) groups excluding carboxylic acids is 1. The number of nitrogens with one attached hydrogen (secondary N) is 1. The van der Waals surface area contributed by atoms with Crippen molar-refractivity contribution in [3.8, 4) is 0 Å². The molecule has 2 rings (SSSR count). The van der Waals surface area contributed by atoms with Crippen molar-refractivity contribution >= 4 is 17.3 Å². The van der Waals surface area contributed by atoms with Gasteiger partial charge in [-0.2, -0.15) is 0 Å². The van der Waals surface area contributed by atoms with Gasteiger partial charge in [-0.3, -0.25) is 4.79 Å². The van der Waals surface area contributed by atoms with Gasteiger partial charge in [0.1, 0.15) is 0 Å². The first-order valence-corrected chi connectivity index (χ1v) is 9.11. The fourth-order valence-corrected chi connectivity index (χ4v) is 2.88. The number of anilines is 2. The molecule has 24 heavy (non-hydrogen) atoms. The van der Waals surface area contributed by atoms with Crippen LogP contribution in [0.3, 0.4) is 0 Å². The highest BCUT2D eigenvalue weighted by molar-refractivity contribution is 5.76. The summed E-state index contributed by atoms with van der Waals surface area (Å²) in [6.07, 6.45) is 2.74. The van der Waals surface area contributed by atoms with Crippen molar-refractivity contribution in [3.63, 3.8) is 0 Å². The number of hydrogen-bond acceptors (Lipinski definition) is 4. The van der Waals surface area contributed by atoms with E-state index in [1.807, 2.05) is 11.9 Å². The number of nitrogens with zero attached hydrogens (tertiary/aromatic N) is 3. The van der Waals surface area contributed by atoms with E-state index in [0.717, 1.165) is 51.3 Å². The van der Waals surface area contributed by atoms with E-state index >= 15 is 0 Å². The van der Waals surface area contributed by atoms with E-state index in [1.165, 1.54) is 5.69 Å². The summed E-state index contributed by atoms with van der Waals surface area (Å²) in [4.78, 5) is 18.6. The van der Waals surface area contributed by atoms with E-state index in [9.17, 15) is 4.79 Å². The molecule has 134 valence electrons. The normalized spacial score (nSPS) is 15.4. The van der Waals surface area contributed by atoms with Gasteiger partial charge in [-0.15, -0.1) is 0 Å². The molecule has 1 heterocycles. The summed E-state index contributed by atoms with van der Waals surface area (Å²) in [6.45, 7) is 8.09. The van der Waals surface area contributed by atoms with Crippen LogP contribution >= 0.6 is 0 Å². The van der Waals surface area contributed by atoms with Crippen LogP contribution in [-0.2, 0) is 4.79 Å². The topological polar surface area (TPSA) is 38.8 Å². The molecule has 1 N–H and O–H groups in total. The maximum atomic E-state index is 12.0. The van der Waals surface area contributed by atoms with Crippen molar-refractivity contribution in [2.24, 2.45) is 0 Å². The van der Waals surface area contributed by atoms with Gasteiger partial charge < -0.3 is 20.0 Å². The molecule has 1 aromatic rings. The van der Waals surface area contributed by atoms with Gasteiger partial charge in [-0.05, 0) is 37.7 Å². The first kappa shape index (κ1) is 18.6. The lowest BCUT2D eigenvalue weighted by Gasteiger charge is -2.34. The fourth-order valence-electron chi connectivity index (χ4n) is 2.88. The lowest BCUT2D eigenvalue weighted by Crippen LogP contribution is -2.44. The monoisotopic (exact) mass is 332 g/mol. The van der Waals surface area contributed by atoms with E-state index in [1.54, 1.807) is 0 Å². The van der Waals surface area contributed by atoms with Gasteiger partial charge >= 0.3 is 0 Å². The smallest absolute Gasteiger partial charge is 0.224 e. The maximum Gasteiger partial charge on any atom is 0.224 e. The largest absolute Gasteiger partial charge is 0.385 e. The number of likely N-dealkylation sites (N-methyl/N-ethyl adjacent to an activating group) is 1. The zero-order valence-corrected chi connectivity index (χ0v) is 15.4. The molecule has 0 aromatic heterocycles. The van der Waals surface area contributed by atoms with Crippen LogP contribution < -0.4 is 10.2 Å². The minimum atomic E-state index is 0.213. The molecule has 0 saturated carbocycles. The molecule has 0 aliphatic carbocycles. The third kappa shape index (κ3) is 5.71. The first-order chi connectivity index (χ1) is 11.6. The van der Waals surface area contributed by atoms with Crippen molar-refractivity contribution in [3.05, 3.63) is 24.3 Å². The molecule has 0 atom stereocenters. The van der Waals surface area contributed by atoms with Gasteiger partial charge in [0.15, 0.2) is 0 Å². The van der Waals surface area contributed by atoms with Crippen LogP contribution in [0.15, 0.2) is 24.3 Å². The standard InChI is InChI=1S/C19H32N4O/c1-4-5-12-22(3)19(24)10-11-20-17-6-8-18(9-7-17)23-15-13-21(2)14-16-23/h6-9,20H,4-5,10-16H2,1-3H3. The number of unbranched alkanes of at least 4 members (excludes halogenated alkanes) is 1. The number of carbonyl (C=O) groups is 1. The number of piperazine rings is 1. The minimum absolute atomic E-state index is 0.213. The van der Waals surface area contributed by atoms with Crippen LogP contribution in [0.5, 0.6) is 0 Å². The van der Waals surface area contributed by atoms with Crippen LogP contribution in [0.2, 0.25) is 0 Å². The molecule has 5 heteroatoms. The molecule has 0 spiro atoms. The molecule has 0 radical (unpaired) electrons.